The standard InChI is InChI=1S/C14H20N6O3/c1-4-18-7-5-12(16-18)9-17(3)14(21)6-8-19-10-13(20(22)23)11(2)15-19/h5,7,10H,4,6,8-9H2,1-3H3. The predicted molar refractivity (Wildman–Crippen MR) is 82.6 cm³/mol. The summed E-state index contributed by atoms with van der Waals surface area (Å²) in [7, 11) is 1.71. The lowest BCUT2D eigenvalue weighted by Crippen LogP contribution is -2.27. The van der Waals surface area contributed by atoms with E-state index in [4.69, 9.17) is 0 Å². The highest BCUT2D eigenvalue weighted by Gasteiger charge is 2.16. The predicted octanol–water partition coefficient (Wildman–Crippen LogP) is 1.36. The van der Waals surface area contributed by atoms with Crippen LogP contribution in [0.5, 0.6) is 0 Å². The Morgan fingerprint density at radius 3 is 2.70 bits per heavy atom. The molecule has 0 saturated heterocycles. The third-order valence-corrected chi connectivity index (χ3v) is 3.52. The Morgan fingerprint density at radius 1 is 1.39 bits per heavy atom. The Morgan fingerprint density at radius 2 is 2.13 bits per heavy atom. The van der Waals surface area contributed by atoms with Crippen LogP contribution in [0, 0.1) is 17.0 Å². The highest BCUT2D eigenvalue weighted by molar-refractivity contribution is 5.75. The maximum Gasteiger partial charge on any atom is 0.309 e. The van der Waals surface area contributed by atoms with Crippen molar-refractivity contribution in [2.75, 3.05) is 7.05 Å². The monoisotopic (exact) mass is 320 g/mol. The summed E-state index contributed by atoms with van der Waals surface area (Å²) >= 11 is 0. The molecule has 0 radical (unpaired) electrons. The van der Waals surface area contributed by atoms with Gasteiger partial charge in [-0.25, -0.2) is 0 Å². The summed E-state index contributed by atoms with van der Waals surface area (Å²) in [4.78, 5) is 24.0. The average molecular weight is 320 g/mol. The minimum Gasteiger partial charge on any atom is -0.340 e. The van der Waals surface area contributed by atoms with Gasteiger partial charge in [0.1, 0.15) is 11.9 Å². The minimum absolute atomic E-state index is 0.0316. The number of rotatable bonds is 7. The number of amides is 1. The molecule has 2 heterocycles. The molecule has 0 spiro atoms. The number of carbonyl (C=O) groups excluding carboxylic acids is 1. The van der Waals surface area contributed by atoms with Gasteiger partial charge in [0.05, 0.1) is 17.2 Å². The van der Waals surface area contributed by atoms with Crippen LogP contribution in [-0.4, -0.2) is 42.3 Å². The lowest BCUT2D eigenvalue weighted by molar-refractivity contribution is -0.385. The Labute approximate surface area is 133 Å². The van der Waals surface area contributed by atoms with Crippen LogP contribution in [0.15, 0.2) is 18.5 Å². The van der Waals surface area contributed by atoms with Crippen LogP contribution in [0.3, 0.4) is 0 Å². The van der Waals surface area contributed by atoms with Crippen LogP contribution in [0.2, 0.25) is 0 Å². The summed E-state index contributed by atoms with van der Waals surface area (Å²) in [6, 6.07) is 1.88. The second-order valence-corrected chi connectivity index (χ2v) is 5.28. The van der Waals surface area contributed by atoms with Crippen molar-refractivity contribution in [1.29, 1.82) is 0 Å². The molecule has 0 aromatic carbocycles. The molecular weight excluding hydrogens is 300 g/mol. The summed E-state index contributed by atoms with van der Waals surface area (Å²) in [6.07, 6.45) is 3.45. The molecule has 0 atom stereocenters. The Balaban J connectivity index is 1.88. The van der Waals surface area contributed by atoms with Gasteiger partial charge in [-0.2, -0.15) is 10.2 Å². The fraction of sp³-hybridized carbons (Fsp3) is 0.500. The van der Waals surface area contributed by atoms with E-state index in [2.05, 4.69) is 10.2 Å². The molecule has 2 aromatic rings. The van der Waals surface area contributed by atoms with E-state index in [0.717, 1.165) is 12.2 Å². The number of aromatic nitrogens is 4. The lowest BCUT2D eigenvalue weighted by Gasteiger charge is -2.15. The van der Waals surface area contributed by atoms with Crippen LogP contribution in [0.25, 0.3) is 0 Å². The highest BCUT2D eigenvalue weighted by atomic mass is 16.6. The normalized spacial score (nSPS) is 10.7. The Kier molecular flexibility index (Phi) is 5.09. The quantitative estimate of drug-likeness (QED) is 0.566. The van der Waals surface area contributed by atoms with Gasteiger partial charge in [0, 0.05) is 32.8 Å². The van der Waals surface area contributed by atoms with Gasteiger partial charge in [-0.3, -0.25) is 24.3 Å². The minimum atomic E-state index is -0.475. The number of carbonyl (C=O) groups is 1. The van der Waals surface area contributed by atoms with E-state index in [-0.39, 0.29) is 18.0 Å². The number of nitro groups is 1. The first-order valence-corrected chi connectivity index (χ1v) is 7.35. The molecule has 23 heavy (non-hydrogen) atoms. The highest BCUT2D eigenvalue weighted by Crippen LogP contribution is 2.15. The molecule has 9 nitrogen and oxygen atoms in total. The second kappa shape index (κ2) is 7.03. The van der Waals surface area contributed by atoms with Crippen molar-refractivity contribution < 1.29 is 9.72 Å². The first-order valence-electron chi connectivity index (χ1n) is 7.35. The van der Waals surface area contributed by atoms with E-state index in [1.54, 1.807) is 23.6 Å². The SMILES string of the molecule is CCn1ccc(CN(C)C(=O)CCn2cc([N+](=O)[O-])c(C)n2)n1. The third-order valence-electron chi connectivity index (χ3n) is 3.52. The lowest BCUT2D eigenvalue weighted by atomic mass is 10.3. The van der Waals surface area contributed by atoms with E-state index in [1.807, 2.05) is 19.2 Å². The Bertz CT molecular complexity index is 705. The van der Waals surface area contributed by atoms with Gasteiger partial charge in [0.2, 0.25) is 5.91 Å². The van der Waals surface area contributed by atoms with Crippen LogP contribution in [-0.2, 0) is 24.4 Å². The maximum absolute atomic E-state index is 12.1. The molecule has 2 rings (SSSR count). The Hall–Kier alpha value is -2.71. The van der Waals surface area contributed by atoms with Crippen molar-refractivity contribution in [2.45, 2.75) is 39.9 Å². The van der Waals surface area contributed by atoms with Gasteiger partial charge in [-0.05, 0) is 19.9 Å². The van der Waals surface area contributed by atoms with Gasteiger partial charge >= 0.3 is 5.69 Å². The number of nitrogens with zero attached hydrogens (tertiary/aromatic N) is 6. The fourth-order valence-corrected chi connectivity index (χ4v) is 2.20. The van der Waals surface area contributed by atoms with Gasteiger partial charge in [-0.1, -0.05) is 0 Å². The van der Waals surface area contributed by atoms with Gasteiger partial charge in [-0.15, -0.1) is 0 Å². The summed E-state index contributed by atoms with van der Waals surface area (Å²) < 4.78 is 3.24. The largest absolute Gasteiger partial charge is 0.340 e. The van der Waals surface area contributed by atoms with E-state index in [0.29, 0.717) is 18.8 Å². The fourth-order valence-electron chi connectivity index (χ4n) is 2.20. The van der Waals surface area contributed by atoms with Gasteiger partial charge in [0.25, 0.3) is 0 Å². The van der Waals surface area contributed by atoms with E-state index in [9.17, 15) is 14.9 Å². The topological polar surface area (TPSA) is 99.1 Å². The van der Waals surface area contributed by atoms with Crippen LogP contribution in [0.4, 0.5) is 5.69 Å². The number of aryl methyl sites for hydroxylation is 3. The molecule has 1 amide bonds. The molecular formula is C14H20N6O3. The molecule has 2 aromatic heterocycles. The van der Waals surface area contributed by atoms with Crippen molar-refractivity contribution in [1.82, 2.24) is 24.5 Å². The third kappa shape index (κ3) is 4.15. The smallest absolute Gasteiger partial charge is 0.309 e. The van der Waals surface area contributed by atoms with Gasteiger partial charge in [0.15, 0.2) is 0 Å². The zero-order valence-electron chi connectivity index (χ0n) is 13.5. The molecule has 0 saturated carbocycles. The van der Waals surface area contributed by atoms with Crippen molar-refractivity contribution in [2.24, 2.45) is 0 Å². The van der Waals surface area contributed by atoms with E-state index in [1.165, 1.54) is 10.9 Å². The summed E-state index contributed by atoms with van der Waals surface area (Å²) in [5, 5.41) is 19.2. The van der Waals surface area contributed by atoms with Crippen molar-refractivity contribution in [3.05, 3.63) is 40.0 Å². The molecule has 0 N–H and O–H groups in total. The van der Waals surface area contributed by atoms with Crippen molar-refractivity contribution in [3.8, 4) is 0 Å². The molecule has 0 bridgehead atoms. The van der Waals surface area contributed by atoms with Crippen molar-refractivity contribution >= 4 is 11.6 Å². The second-order valence-electron chi connectivity index (χ2n) is 5.28. The molecule has 0 aliphatic rings. The molecule has 124 valence electrons. The first-order chi connectivity index (χ1) is 10.9. The molecule has 0 unspecified atom stereocenters. The molecule has 0 aliphatic heterocycles. The van der Waals surface area contributed by atoms with E-state index < -0.39 is 4.92 Å². The zero-order valence-corrected chi connectivity index (χ0v) is 13.5. The van der Waals surface area contributed by atoms with Gasteiger partial charge < -0.3 is 4.90 Å². The molecule has 9 heteroatoms. The number of hydrogen-bond donors (Lipinski definition) is 0. The van der Waals surface area contributed by atoms with Crippen molar-refractivity contribution in [3.63, 3.8) is 0 Å². The zero-order chi connectivity index (χ0) is 17.0. The van der Waals surface area contributed by atoms with Crippen LogP contribution < -0.4 is 0 Å². The summed E-state index contributed by atoms with van der Waals surface area (Å²) in [5.41, 5.74) is 1.14. The molecule has 0 fully saturated rings. The first kappa shape index (κ1) is 16.7. The molecule has 0 aliphatic carbocycles. The summed E-state index contributed by atoms with van der Waals surface area (Å²) in [5.74, 6) is -0.0631. The van der Waals surface area contributed by atoms with Crippen LogP contribution in [0.1, 0.15) is 24.7 Å². The van der Waals surface area contributed by atoms with Crippen LogP contribution >= 0.6 is 0 Å². The van der Waals surface area contributed by atoms with E-state index >= 15 is 0 Å². The summed E-state index contributed by atoms with van der Waals surface area (Å²) in [6.45, 7) is 5.10. The maximum atomic E-state index is 12.1. The average Bonchev–Trinajstić information content (AvgIpc) is 3.11. The number of hydrogen-bond acceptors (Lipinski definition) is 5.